The van der Waals surface area contributed by atoms with E-state index in [4.69, 9.17) is 4.74 Å². The summed E-state index contributed by atoms with van der Waals surface area (Å²) < 4.78 is 4.98. The van der Waals surface area contributed by atoms with Gasteiger partial charge in [-0.3, -0.25) is 4.79 Å². The van der Waals surface area contributed by atoms with Crippen molar-refractivity contribution >= 4 is 40.6 Å². The Bertz CT molecular complexity index is 1010. The van der Waals surface area contributed by atoms with E-state index < -0.39 is 0 Å². The zero-order valence-corrected chi connectivity index (χ0v) is 16.1. The number of nitrogens with one attached hydrogen (secondary N) is 3. The Morgan fingerprint density at radius 3 is 2.21 bits per heavy atom. The molecule has 3 N–H and O–H groups in total. The predicted octanol–water partition coefficient (Wildman–Crippen LogP) is 4.10. The third-order valence-corrected chi connectivity index (χ3v) is 3.79. The molecule has 0 aliphatic carbocycles. The van der Waals surface area contributed by atoms with Gasteiger partial charge in [-0.25, -0.2) is 14.8 Å². The van der Waals surface area contributed by atoms with Crippen LogP contribution in [-0.2, 0) is 9.53 Å². The summed E-state index contributed by atoms with van der Waals surface area (Å²) in [6, 6.07) is 16.0. The first-order valence-corrected chi connectivity index (χ1v) is 9.04. The summed E-state index contributed by atoms with van der Waals surface area (Å²) in [5.74, 6) is 0.689. The first-order chi connectivity index (χ1) is 14.0. The van der Waals surface area contributed by atoms with Crippen LogP contribution in [0.5, 0.6) is 0 Å². The van der Waals surface area contributed by atoms with Gasteiger partial charge in [0.25, 0.3) is 0 Å². The third kappa shape index (κ3) is 5.77. The number of aromatic nitrogens is 2. The Hall–Kier alpha value is -3.94. The number of carbonyl (C=O) groups excluding carboxylic acids is 2. The van der Waals surface area contributed by atoms with Crippen LogP contribution in [0.4, 0.5) is 28.7 Å². The monoisotopic (exact) mass is 391 g/mol. The van der Waals surface area contributed by atoms with Crippen molar-refractivity contribution in [2.45, 2.75) is 13.8 Å². The molecule has 0 unspecified atom stereocenters. The van der Waals surface area contributed by atoms with Gasteiger partial charge in [0, 0.05) is 30.1 Å². The maximum atomic E-state index is 11.7. The van der Waals surface area contributed by atoms with E-state index in [9.17, 15) is 9.59 Å². The molecule has 3 rings (SSSR count). The van der Waals surface area contributed by atoms with Crippen LogP contribution in [0.1, 0.15) is 24.2 Å². The summed E-state index contributed by atoms with van der Waals surface area (Å²) in [7, 11) is 0. The van der Waals surface area contributed by atoms with E-state index in [-0.39, 0.29) is 11.9 Å². The topological polar surface area (TPSA) is 105 Å². The Morgan fingerprint density at radius 1 is 0.897 bits per heavy atom. The van der Waals surface area contributed by atoms with Gasteiger partial charge >= 0.3 is 5.97 Å². The van der Waals surface area contributed by atoms with Gasteiger partial charge in [-0.1, -0.05) is 6.07 Å². The number of esters is 1. The Kier molecular flexibility index (Phi) is 6.36. The summed E-state index contributed by atoms with van der Waals surface area (Å²) in [5, 5.41) is 9.08. The Balaban J connectivity index is 1.68. The highest BCUT2D eigenvalue weighted by Crippen LogP contribution is 2.22. The number of rotatable bonds is 7. The number of ether oxygens (including phenoxy) is 1. The van der Waals surface area contributed by atoms with Crippen LogP contribution >= 0.6 is 0 Å². The molecule has 0 aliphatic rings. The number of nitrogens with zero attached hydrogens (tertiary/aromatic N) is 2. The maximum Gasteiger partial charge on any atom is 0.338 e. The zero-order valence-electron chi connectivity index (χ0n) is 16.1. The average Bonchev–Trinajstić information content (AvgIpc) is 2.69. The van der Waals surface area contributed by atoms with Crippen molar-refractivity contribution in [3.63, 3.8) is 0 Å². The van der Waals surface area contributed by atoms with E-state index >= 15 is 0 Å². The van der Waals surface area contributed by atoms with Crippen molar-refractivity contribution in [1.82, 2.24) is 9.97 Å². The van der Waals surface area contributed by atoms with Gasteiger partial charge in [0.05, 0.1) is 12.2 Å². The first kappa shape index (κ1) is 19.8. The van der Waals surface area contributed by atoms with Crippen LogP contribution in [0, 0.1) is 0 Å². The minimum Gasteiger partial charge on any atom is -0.462 e. The summed E-state index contributed by atoms with van der Waals surface area (Å²) in [5.41, 5.74) is 2.73. The highest BCUT2D eigenvalue weighted by atomic mass is 16.5. The van der Waals surface area contributed by atoms with Gasteiger partial charge in [0.2, 0.25) is 5.91 Å². The summed E-state index contributed by atoms with van der Waals surface area (Å²) in [6.45, 7) is 3.57. The maximum absolute atomic E-state index is 11.7. The van der Waals surface area contributed by atoms with E-state index in [1.54, 1.807) is 43.3 Å². The molecule has 0 radical (unpaired) electrons. The fourth-order valence-corrected chi connectivity index (χ4v) is 2.57. The van der Waals surface area contributed by atoms with Crippen molar-refractivity contribution < 1.29 is 14.3 Å². The van der Waals surface area contributed by atoms with Crippen LogP contribution in [0.15, 0.2) is 60.9 Å². The summed E-state index contributed by atoms with van der Waals surface area (Å²) in [6.07, 6.45) is 1.44. The van der Waals surface area contributed by atoms with Crippen molar-refractivity contribution in [1.29, 1.82) is 0 Å². The van der Waals surface area contributed by atoms with E-state index in [1.807, 2.05) is 18.2 Å². The number of anilines is 5. The number of hydrogen-bond donors (Lipinski definition) is 3. The van der Waals surface area contributed by atoms with Gasteiger partial charge in [-0.15, -0.1) is 0 Å². The van der Waals surface area contributed by atoms with Crippen LogP contribution in [-0.4, -0.2) is 28.5 Å². The molecule has 8 heteroatoms. The minimum atomic E-state index is -0.353. The lowest BCUT2D eigenvalue weighted by molar-refractivity contribution is -0.114. The lowest BCUT2D eigenvalue weighted by Gasteiger charge is -2.10. The predicted molar refractivity (Wildman–Crippen MR) is 112 cm³/mol. The van der Waals surface area contributed by atoms with Gasteiger partial charge in [0.1, 0.15) is 18.0 Å². The molecular formula is C21H21N5O3. The molecule has 0 spiro atoms. The molecule has 3 aromatic rings. The molecule has 0 saturated heterocycles. The van der Waals surface area contributed by atoms with Gasteiger partial charge < -0.3 is 20.7 Å². The van der Waals surface area contributed by atoms with Crippen LogP contribution in [0.3, 0.4) is 0 Å². The smallest absolute Gasteiger partial charge is 0.338 e. The molecule has 0 saturated carbocycles. The molecule has 0 bridgehead atoms. The van der Waals surface area contributed by atoms with Crippen LogP contribution in [0.2, 0.25) is 0 Å². The first-order valence-electron chi connectivity index (χ1n) is 9.04. The van der Waals surface area contributed by atoms with E-state index in [0.29, 0.717) is 29.5 Å². The third-order valence-electron chi connectivity index (χ3n) is 3.79. The Labute approximate surface area is 168 Å². The molecule has 1 aromatic heterocycles. The molecule has 29 heavy (non-hydrogen) atoms. The second-order valence-corrected chi connectivity index (χ2v) is 6.10. The molecule has 0 fully saturated rings. The molecule has 148 valence electrons. The average molecular weight is 391 g/mol. The lowest BCUT2D eigenvalue weighted by atomic mass is 10.2. The molecular weight excluding hydrogens is 370 g/mol. The number of benzene rings is 2. The summed E-state index contributed by atoms with van der Waals surface area (Å²) >= 11 is 0. The normalized spacial score (nSPS) is 10.1. The van der Waals surface area contributed by atoms with Gasteiger partial charge in [-0.05, 0) is 49.4 Å². The number of carbonyl (C=O) groups is 2. The lowest BCUT2D eigenvalue weighted by Crippen LogP contribution is -2.06. The fraction of sp³-hybridized carbons (Fsp3) is 0.143. The molecule has 1 heterocycles. The molecule has 8 nitrogen and oxygen atoms in total. The number of hydrogen-bond acceptors (Lipinski definition) is 7. The SMILES string of the molecule is CCOC(=O)c1ccc(Nc2cc(Nc3cccc(NC(C)=O)c3)ncn2)cc1. The second kappa shape index (κ2) is 9.32. The van der Waals surface area contributed by atoms with Crippen molar-refractivity contribution in [3.05, 3.63) is 66.5 Å². The minimum absolute atomic E-state index is 0.135. The standard InChI is InChI=1S/C21H21N5O3/c1-3-29-21(28)15-7-9-16(10-8-15)25-19-12-20(23-13-22-19)26-18-6-4-5-17(11-18)24-14(2)27/h4-13H,3H2,1-2H3,(H,24,27)(H2,22,23,25,26). The van der Waals surface area contributed by atoms with Gasteiger partial charge in [-0.2, -0.15) is 0 Å². The molecule has 2 aromatic carbocycles. The van der Waals surface area contributed by atoms with Crippen molar-refractivity contribution in [2.24, 2.45) is 0 Å². The number of amides is 1. The van der Waals surface area contributed by atoms with Crippen LogP contribution < -0.4 is 16.0 Å². The molecule has 1 amide bonds. The quantitative estimate of drug-likeness (QED) is 0.521. The Morgan fingerprint density at radius 2 is 1.55 bits per heavy atom. The zero-order chi connectivity index (χ0) is 20.6. The van der Waals surface area contributed by atoms with Gasteiger partial charge in [0.15, 0.2) is 0 Å². The van der Waals surface area contributed by atoms with Crippen molar-refractivity contribution in [3.8, 4) is 0 Å². The van der Waals surface area contributed by atoms with Crippen LogP contribution in [0.25, 0.3) is 0 Å². The second-order valence-electron chi connectivity index (χ2n) is 6.10. The molecule has 0 aliphatic heterocycles. The highest BCUT2D eigenvalue weighted by molar-refractivity contribution is 5.90. The van der Waals surface area contributed by atoms with E-state index in [2.05, 4.69) is 25.9 Å². The van der Waals surface area contributed by atoms with E-state index in [0.717, 1.165) is 11.4 Å². The molecule has 0 atom stereocenters. The van der Waals surface area contributed by atoms with E-state index in [1.165, 1.54) is 13.3 Å². The fourth-order valence-electron chi connectivity index (χ4n) is 2.57. The summed E-state index contributed by atoms with van der Waals surface area (Å²) in [4.78, 5) is 31.4. The largest absolute Gasteiger partial charge is 0.462 e. The van der Waals surface area contributed by atoms with Crippen molar-refractivity contribution in [2.75, 3.05) is 22.6 Å². The highest BCUT2D eigenvalue weighted by Gasteiger charge is 2.06.